The van der Waals surface area contributed by atoms with Gasteiger partial charge in [-0.3, -0.25) is 4.79 Å². The average Bonchev–Trinajstić information content (AvgIpc) is 3.49. The summed E-state index contributed by atoms with van der Waals surface area (Å²) in [7, 11) is 0. The average molecular weight is 474 g/mol. The van der Waals surface area contributed by atoms with E-state index in [1.165, 1.54) is 24.3 Å². The van der Waals surface area contributed by atoms with Gasteiger partial charge in [0.2, 0.25) is 0 Å². The van der Waals surface area contributed by atoms with Crippen LogP contribution in [0.4, 0.5) is 5.69 Å². The highest BCUT2D eigenvalue weighted by Crippen LogP contribution is 2.31. The quantitative estimate of drug-likeness (QED) is 0.379. The zero-order valence-electron chi connectivity index (χ0n) is 17.9. The highest BCUT2D eigenvalue weighted by atomic mass is 32.1. The van der Waals surface area contributed by atoms with Crippen LogP contribution in [0.1, 0.15) is 37.0 Å². The Balaban J connectivity index is 1.50. The maximum atomic E-state index is 12.7. The summed E-state index contributed by atoms with van der Waals surface area (Å²) >= 11 is 1.58. The van der Waals surface area contributed by atoms with E-state index in [1.807, 2.05) is 25.1 Å². The number of aromatic nitrogens is 2. The van der Waals surface area contributed by atoms with Crippen LogP contribution in [-0.2, 0) is 6.42 Å². The van der Waals surface area contributed by atoms with E-state index in [1.54, 1.807) is 29.0 Å². The van der Waals surface area contributed by atoms with Crippen molar-refractivity contribution in [2.45, 2.75) is 13.3 Å². The molecule has 0 saturated heterocycles. The fraction of sp³-hybridized carbons (Fsp3) is 0.125. The second-order valence-electron chi connectivity index (χ2n) is 7.16. The van der Waals surface area contributed by atoms with Crippen LogP contribution in [-0.4, -0.2) is 33.7 Å². The first-order valence-corrected chi connectivity index (χ1v) is 11.0. The fourth-order valence-electron chi connectivity index (χ4n) is 3.21. The lowest BCUT2D eigenvalue weighted by molar-refractivity contribution is 0.0698. The minimum Gasteiger partial charge on any atom is -0.492 e. The molecule has 2 heterocycles. The number of carbonyl (C=O) groups excluding carboxylic acids is 1. The van der Waals surface area contributed by atoms with Gasteiger partial charge in [0.05, 0.1) is 46.3 Å². The summed E-state index contributed by atoms with van der Waals surface area (Å²) in [6.07, 6.45) is 0.714. The van der Waals surface area contributed by atoms with Crippen LogP contribution in [0.3, 0.4) is 0 Å². The zero-order valence-corrected chi connectivity index (χ0v) is 18.8. The lowest BCUT2D eigenvalue weighted by atomic mass is 10.1. The van der Waals surface area contributed by atoms with E-state index >= 15 is 0 Å². The van der Waals surface area contributed by atoms with Gasteiger partial charge in [0.15, 0.2) is 11.5 Å². The van der Waals surface area contributed by atoms with E-state index in [-0.39, 0.29) is 22.5 Å². The third-order valence-corrected chi connectivity index (χ3v) is 5.95. The molecule has 170 valence electrons. The number of rotatable bonds is 8. The first kappa shape index (κ1) is 22.7. The second kappa shape index (κ2) is 9.97. The predicted molar refractivity (Wildman–Crippen MR) is 124 cm³/mol. The number of carbonyl (C=O) groups is 2. The van der Waals surface area contributed by atoms with Crippen molar-refractivity contribution in [1.29, 1.82) is 5.26 Å². The van der Waals surface area contributed by atoms with Crippen LogP contribution in [0.25, 0.3) is 11.3 Å². The van der Waals surface area contributed by atoms with Gasteiger partial charge in [-0.1, -0.05) is 17.3 Å². The summed E-state index contributed by atoms with van der Waals surface area (Å²) in [6, 6.07) is 14.5. The maximum Gasteiger partial charge on any atom is 0.337 e. The Kier molecular flexibility index (Phi) is 6.66. The number of thiazole rings is 1. The Morgan fingerprint density at radius 3 is 2.79 bits per heavy atom. The van der Waals surface area contributed by atoms with Crippen LogP contribution < -0.4 is 10.1 Å². The standard InChI is InChI=1S/C24H18N4O5S/c1-14-22(34-13-26-14)8-9-32-20-5-3-2-4-16(20)21-11-19(28-33-21)23(29)27-18-7-6-15(12-25)10-17(18)24(30)31/h2-7,10-11,13H,8-9H2,1H3,(H,27,29)(H,30,31). The molecule has 0 unspecified atom stereocenters. The van der Waals surface area contributed by atoms with Crippen molar-refractivity contribution in [3.8, 4) is 23.1 Å². The second-order valence-corrected chi connectivity index (χ2v) is 8.10. The lowest BCUT2D eigenvalue weighted by Gasteiger charge is -2.09. The number of aromatic carboxylic acids is 1. The van der Waals surface area contributed by atoms with E-state index < -0.39 is 11.9 Å². The zero-order chi connectivity index (χ0) is 24.1. The maximum absolute atomic E-state index is 12.7. The number of nitrogens with zero attached hydrogens (tertiary/aromatic N) is 3. The van der Waals surface area contributed by atoms with E-state index in [0.717, 1.165) is 10.6 Å². The predicted octanol–water partition coefficient (Wildman–Crippen LogP) is 4.55. The number of para-hydroxylation sites is 1. The molecule has 0 aliphatic heterocycles. The number of hydrogen-bond acceptors (Lipinski definition) is 8. The van der Waals surface area contributed by atoms with Gasteiger partial charge in [0, 0.05) is 17.4 Å². The Morgan fingerprint density at radius 2 is 2.06 bits per heavy atom. The Bertz CT molecular complexity index is 1400. The molecule has 2 aromatic heterocycles. The normalized spacial score (nSPS) is 10.5. The Morgan fingerprint density at radius 1 is 1.24 bits per heavy atom. The van der Waals surface area contributed by atoms with Gasteiger partial charge >= 0.3 is 5.97 Å². The number of anilines is 1. The summed E-state index contributed by atoms with van der Waals surface area (Å²) in [5.41, 5.74) is 3.39. The topological polar surface area (TPSA) is 138 Å². The molecule has 0 fully saturated rings. The van der Waals surface area contributed by atoms with Crippen molar-refractivity contribution in [1.82, 2.24) is 10.1 Å². The number of nitriles is 1. The molecule has 0 aliphatic carbocycles. The molecule has 4 aromatic rings. The smallest absolute Gasteiger partial charge is 0.337 e. The summed E-state index contributed by atoms with van der Waals surface area (Å²) in [5.74, 6) is -1.02. The van der Waals surface area contributed by atoms with E-state index in [2.05, 4.69) is 15.5 Å². The molecular formula is C24H18N4O5S. The highest BCUT2D eigenvalue weighted by Gasteiger charge is 2.19. The number of aryl methyl sites for hydroxylation is 1. The third-order valence-electron chi connectivity index (χ3n) is 4.95. The van der Waals surface area contributed by atoms with Crippen LogP contribution in [0.2, 0.25) is 0 Å². The summed E-state index contributed by atoms with van der Waals surface area (Å²) in [6.45, 7) is 2.40. The summed E-state index contributed by atoms with van der Waals surface area (Å²) in [4.78, 5) is 29.6. The van der Waals surface area contributed by atoms with Gasteiger partial charge < -0.3 is 19.7 Å². The number of hydrogen-bond donors (Lipinski definition) is 2. The van der Waals surface area contributed by atoms with E-state index in [9.17, 15) is 14.7 Å². The van der Waals surface area contributed by atoms with Gasteiger partial charge in [0.1, 0.15) is 5.75 Å². The molecule has 2 N–H and O–H groups in total. The SMILES string of the molecule is Cc1ncsc1CCOc1ccccc1-c1cc(C(=O)Nc2ccc(C#N)cc2C(=O)O)no1. The first-order valence-electron chi connectivity index (χ1n) is 10.1. The number of nitrogens with one attached hydrogen (secondary N) is 1. The molecule has 0 atom stereocenters. The van der Waals surface area contributed by atoms with Crippen molar-refractivity contribution >= 4 is 28.9 Å². The van der Waals surface area contributed by atoms with Gasteiger partial charge in [0.25, 0.3) is 5.91 Å². The van der Waals surface area contributed by atoms with E-state index in [4.69, 9.17) is 14.5 Å². The van der Waals surface area contributed by atoms with Crippen molar-refractivity contribution in [2.24, 2.45) is 0 Å². The van der Waals surface area contributed by atoms with Gasteiger partial charge in [-0.15, -0.1) is 11.3 Å². The number of carboxylic acid groups (broad SMARTS) is 1. The van der Waals surface area contributed by atoms with Gasteiger partial charge in [-0.05, 0) is 37.3 Å². The molecule has 1 amide bonds. The monoisotopic (exact) mass is 474 g/mol. The van der Waals surface area contributed by atoms with Crippen molar-refractivity contribution in [2.75, 3.05) is 11.9 Å². The largest absolute Gasteiger partial charge is 0.492 e. The summed E-state index contributed by atoms with van der Waals surface area (Å²) in [5, 5.41) is 24.7. The molecule has 0 spiro atoms. The number of carboxylic acids is 1. The van der Waals surface area contributed by atoms with Crippen molar-refractivity contribution in [3.05, 3.63) is 81.4 Å². The molecule has 0 bridgehead atoms. The molecular weight excluding hydrogens is 456 g/mol. The van der Waals surface area contributed by atoms with Crippen molar-refractivity contribution in [3.63, 3.8) is 0 Å². The van der Waals surface area contributed by atoms with Crippen LogP contribution >= 0.6 is 11.3 Å². The fourth-order valence-corrected chi connectivity index (χ4v) is 3.97. The minimum absolute atomic E-state index is 0.0363. The third kappa shape index (κ3) is 4.95. The van der Waals surface area contributed by atoms with Crippen molar-refractivity contribution < 1.29 is 24.0 Å². The van der Waals surface area contributed by atoms with Crippen LogP contribution in [0, 0.1) is 18.3 Å². The van der Waals surface area contributed by atoms with Crippen LogP contribution in [0.15, 0.2) is 58.6 Å². The van der Waals surface area contributed by atoms with Gasteiger partial charge in [-0.2, -0.15) is 5.26 Å². The highest BCUT2D eigenvalue weighted by molar-refractivity contribution is 7.09. The first-order chi connectivity index (χ1) is 16.5. The summed E-state index contributed by atoms with van der Waals surface area (Å²) < 4.78 is 11.3. The molecule has 9 nitrogen and oxygen atoms in total. The van der Waals surface area contributed by atoms with Crippen LogP contribution in [0.5, 0.6) is 5.75 Å². The van der Waals surface area contributed by atoms with Gasteiger partial charge in [-0.25, -0.2) is 9.78 Å². The Labute approximate surface area is 198 Å². The molecule has 4 rings (SSSR count). The lowest BCUT2D eigenvalue weighted by Crippen LogP contribution is -2.15. The van der Waals surface area contributed by atoms with E-state index in [0.29, 0.717) is 30.1 Å². The molecule has 34 heavy (non-hydrogen) atoms. The number of benzene rings is 2. The molecule has 0 radical (unpaired) electrons. The number of amides is 1. The molecule has 0 saturated carbocycles. The molecule has 2 aromatic carbocycles. The molecule has 10 heteroatoms. The Hall–Kier alpha value is -4.49. The molecule has 0 aliphatic rings. The minimum atomic E-state index is -1.27. The number of ether oxygens (including phenoxy) is 1.